The number of rotatable bonds is 5. The summed E-state index contributed by atoms with van der Waals surface area (Å²) in [5, 5.41) is 0.740. The SMILES string of the molecule is CC[SiH](CC)C(C)(CC)CC. The second-order valence-corrected chi connectivity index (χ2v) is 8.30. The molecule has 11 heavy (non-hydrogen) atoms. The molecule has 68 valence electrons. The van der Waals surface area contributed by atoms with Crippen molar-refractivity contribution in [2.45, 2.75) is 64.6 Å². The Labute approximate surface area is 74.0 Å². The summed E-state index contributed by atoms with van der Waals surface area (Å²) in [7, 11) is -0.422. The summed E-state index contributed by atoms with van der Waals surface area (Å²) in [5.41, 5.74) is 0. The Bertz CT molecular complexity index is 91.0. The van der Waals surface area contributed by atoms with Gasteiger partial charge in [0.25, 0.3) is 0 Å². The molecule has 0 aromatic carbocycles. The van der Waals surface area contributed by atoms with Gasteiger partial charge in [-0.2, -0.15) is 0 Å². The highest BCUT2D eigenvalue weighted by molar-refractivity contribution is 6.62. The van der Waals surface area contributed by atoms with Crippen LogP contribution in [0.5, 0.6) is 0 Å². The molecule has 0 spiro atoms. The van der Waals surface area contributed by atoms with E-state index in [4.69, 9.17) is 0 Å². The van der Waals surface area contributed by atoms with E-state index in [2.05, 4.69) is 34.6 Å². The minimum absolute atomic E-state index is 0.422. The summed E-state index contributed by atoms with van der Waals surface area (Å²) >= 11 is 0. The Morgan fingerprint density at radius 2 is 1.27 bits per heavy atom. The van der Waals surface area contributed by atoms with Crippen molar-refractivity contribution < 1.29 is 0 Å². The van der Waals surface area contributed by atoms with Gasteiger partial charge in [-0.1, -0.05) is 59.5 Å². The lowest BCUT2D eigenvalue weighted by molar-refractivity contribution is 0.548. The molecule has 0 unspecified atom stereocenters. The zero-order valence-corrected chi connectivity index (χ0v) is 10.1. The van der Waals surface area contributed by atoms with E-state index in [1.165, 1.54) is 24.9 Å². The summed E-state index contributed by atoms with van der Waals surface area (Å²) in [5.74, 6) is 0. The van der Waals surface area contributed by atoms with Gasteiger partial charge in [-0.25, -0.2) is 0 Å². The van der Waals surface area contributed by atoms with Gasteiger partial charge in [0, 0.05) is 8.80 Å². The Balaban J connectivity index is 4.19. The highest BCUT2D eigenvalue weighted by atomic mass is 28.3. The average Bonchev–Trinajstić information content (AvgIpc) is 2.06. The molecular formula is C10H24Si. The second kappa shape index (κ2) is 4.97. The first-order chi connectivity index (χ1) is 5.14. The summed E-state index contributed by atoms with van der Waals surface area (Å²) in [6.45, 7) is 12.0. The number of hydrogen-bond acceptors (Lipinski definition) is 0. The Kier molecular flexibility index (Phi) is 5.07. The first kappa shape index (κ1) is 11.2. The van der Waals surface area contributed by atoms with Crippen LogP contribution < -0.4 is 0 Å². The Morgan fingerprint density at radius 3 is 1.36 bits per heavy atom. The largest absolute Gasteiger partial charge is 0.0680 e. The molecule has 0 N–H and O–H groups in total. The lowest BCUT2D eigenvalue weighted by Gasteiger charge is -2.34. The second-order valence-electron chi connectivity index (χ2n) is 3.87. The van der Waals surface area contributed by atoms with Gasteiger partial charge in [0.05, 0.1) is 0 Å². The standard InChI is InChI=1S/C10H24Si/c1-6-10(5,7-2)11(8-3)9-4/h11H,6-9H2,1-5H3. The van der Waals surface area contributed by atoms with Crippen molar-refractivity contribution in [3.05, 3.63) is 0 Å². The van der Waals surface area contributed by atoms with Crippen molar-refractivity contribution >= 4 is 8.80 Å². The third kappa shape index (κ3) is 2.62. The molecule has 0 rings (SSSR count). The average molecular weight is 172 g/mol. The molecule has 0 aliphatic heterocycles. The van der Waals surface area contributed by atoms with Crippen LogP contribution in [0.2, 0.25) is 17.1 Å². The molecule has 0 aliphatic rings. The fourth-order valence-corrected chi connectivity index (χ4v) is 5.80. The minimum atomic E-state index is -0.422. The first-order valence-electron chi connectivity index (χ1n) is 5.14. The van der Waals surface area contributed by atoms with Gasteiger partial charge in [0.1, 0.15) is 0 Å². The van der Waals surface area contributed by atoms with Crippen molar-refractivity contribution in [3.63, 3.8) is 0 Å². The van der Waals surface area contributed by atoms with Gasteiger partial charge in [-0.3, -0.25) is 0 Å². The van der Waals surface area contributed by atoms with Crippen molar-refractivity contribution in [3.8, 4) is 0 Å². The van der Waals surface area contributed by atoms with Gasteiger partial charge in [0.15, 0.2) is 0 Å². The Morgan fingerprint density at radius 1 is 0.909 bits per heavy atom. The predicted molar refractivity (Wildman–Crippen MR) is 57.1 cm³/mol. The third-order valence-corrected chi connectivity index (χ3v) is 8.35. The van der Waals surface area contributed by atoms with Crippen LogP contribution in [0.3, 0.4) is 0 Å². The lowest BCUT2D eigenvalue weighted by atomic mass is 10.1. The van der Waals surface area contributed by atoms with E-state index in [9.17, 15) is 0 Å². The highest BCUT2D eigenvalue weighted by Crippen LogP contribution is 2.40. The predicted octanol–water partition coefficient (Wildman–Crippen LogP) is 3.83. The fraction of sp³-hybridized carbons (Fsp3) is 1.00. The summed E-state index contributed by atoms with van der Waals surface area (Å²) < 4.78 is 0. The van der Waals surface area contributed by atoms with Gasteiger partial charge >= 0.3 is 0 Å². The van der Waals surface area contributed by atoms with Crippen LogP contribution in [0.15, 0.2) is 0 Å². The third-order valence-electron chi connectivity index (χ3n) is 3.59. The fourth-order valence-electron chi connectivity index (χ4n) is 2.10. The Hall–Kier alpha value is 0.217. The maximum absolute atomic E-state index is 2.50. The number of hydrogen-bond donors (Lipinski definition) is 0. The van der Waals surface area contributed by atoms with Gasteiger partial charge in [-0.15, -0.1) is 0 Å². The molecule has 0 saturated heterocycles. The van der Waals surface area contributed by atoms with Gasteiger partial charge in [0.2, 0.25) is 0 Å². The molecule has 0 heterocycles. The van der Waals surface area contributed by atoms with Gasteiger partial charge < -0.3 is 0 Å². The molecule has 0 nitrogen and oxygen atoms in total. The molecule has 0 amide bonds. The molecule has 0 atom stereocenters. The molecule has 0 saturated carbocycles. The van der Waals surface area contributed by atoms with Crippen LogP contribution in [0.4, 0.5) is 0 Å². The van der Waals surface area contributed by atoms with Gasteiger partial charge in [-0.05, 0) is 5.04 Å². The van der Waals surface area contributed by atoms with Crippen LogP contribution in [0, 0.1) is 0 Å². The first-order valence-corrected chi connectivity index (χ1v) is 7.35. The van der Waals surface area contributed by atoms with Crippen molar-refractivity contribution in [2.75, 3.05) is 0 Å². The van der Waals surface area contributed by atoms with E-state index in [1.54, 1.807) is 0 Å². The van der Waals surface area contributed by atoms with E-state index in [-0.39, 0.29) is 0 Å². The molecule has 1 heteroatoms. The van der Waals surface area contributed by atoms with E-state index in [0.29, 0.717) is 0 Å². The van der Waals surface area contributed by atoms with Crippen LogP contribution in [-0.2, 0) is 0 Å². The zero-order valence-electron chi connectivity index (χ0n) is 8.91. The molecule has 0 aliphatic carbocycles. The van der Waals surface area contributed by atoms with Crippen LogP contribution >= 0.6 is 0 Å². The van der Waals surface area contributed by atoms with Crippen molar-refractivity contribution in [1.82, 2.24) is 0 Å². The summed E-state index contributed by atoms with van der Waals surface area (Å²) in [6, 6.07) is 2.96. The zero-order chi connectivity index (χ0) is 8.91. The highest BCUT2D eigenvalue weighted by Gasteiger charge is 2.28. The molecular weight excluding hydrogens is 148 g/mol. The van der Waals surface area contributed by atoms with Crippen LogP contribution in [0.1, 0.15) is 47.5 Å². The summed E-state index contributed by atoms with van der Waals surface area (Å²) in [6.07, 6.45) is 2.78. The minimum Gasteiger partial charge on any atom is -0.0680 e. The van der Waals surface area contributed by atoms with E-state index >= 15 is 0 Å². The lowest BCUT2D eigenvalue weighted by Crippen LogP contribution is -2.27. The van der Waals surface area contributed by atoms with E-state index in [1.807, 2.05) is 0 Å². The van der Waals surface area contributed by atoms with Crippen molar-refractivity contribution in [2.24, 2.45) is 0 Å². The van der Waals surface area contributed by atoms with Crippen molar-refractivity contribution in [1.29, 1.82) is 0 Å². The molecule has 0 bridgehead atoms. The molecule has 0 aromatic rings. The maximum Gasteiger partial charge on any atom is 0.0423 e. The quantitative estimate of drug-likeness (QED) is 0.553. The molecule has 0 fully saturated rings. The maximum atomic E-state index is 2.50. The smallest absolute Gasteiger partial charge is 0.0423 e. The molecule has 0 radical (unpaired) electrons. The van der Waals surface area contributed by atoms with E-state index in [0.717, 1.165) is 5.04 Å². The monoisotopic (exact) mass is 172 g/mol. The normalized spacial score (nSPS) is 12.5. The topological polar surface area (TPSA) is 0 Å². The molecule has 0 aromatic heterocycles. The van der Waals surface area contributed by atoms with E-state index < -0.39 is 8.80 Å². The van der Waals surface area contributed by atoms with Crippen LogP contribution in [0.25, 0.3) is 0 Å². The van der Waals surface area contributed by atoms with Crippen LogP contribution in [-0.4, -0.2) is 8.80 Å². The summed E-state index contributed by atoms with van der Waals surface area (Å²) in [4.78, 5) is 0.